The first-order valence-corrected chi connectivity index (χ1v) is 9.33. The number of rotatable bonds is 3. The molecule has 22 heavy (non-hydrogen) atoms. The van der Waals surface area contributed by atoms with Gasteiger partial charge in [0.2, 0.25) is 10.0 Å². The summed E-state index contributed by atoms with van der Waals surface area (Å²) in [6, 6.07) is 6.71. The van der Waals surface area contributed by atoms with E-state index in [0.717, 1.165) is 18.4 Å². The van der Waals surface area contributed by atoms with Gasteiger partial charge in [-0.2, -0.15) is 4.72 Å². The predicted octanol–water partition coefficient (Wildman–Crippen LogP) is 2.81. The number of fused-ring (bicyclic) bond motifs is 2. The molecule has 0 heterocycles. The maximum Gasteiger partial charge on any atom is 0.242 e. The standard InChI is InChI=1S/C17H25NO3S/c1-12-5-7-14(8-6-12)22(20,21)18-17(19)11-13-9-10-16(17,4)15(13,2)3/h5-8,13,18-19H,9-11H2,1-4H3. The Morgan fingerprint density at radius 3 is 2.23 bits per heavy atom. The molecule has 2 N–H and O–H groups in total. The van der Waals surface area contributed by atoms with Gasteiger partial charge >= 0.3 is 0 Å². The van der Waals surface area contributed by atoms with Crippen LogP contribution in [0.4, 0.5) is 0 Å². The molecule has 3 rings (SSSR count). The van der Waals surface area contributed by atoms with E-state index in [4.69, 9.17) is 0 Å². The second-order valence-corrected chi connectivity index (χ2v) is 9.45. The number of hydrogen-bond donors (Lipinski definition) is 2. The number of nitrogens with one attached hydrogen (secondary N) is 1. The number of aliphatic hydroxyl groups is 1. The summed E-state index contributed by atoms with van der Waals surface area (Å²) in [4.78, 5) is 0.204. The molecular formula is C17H25NO3S. The fraction of sp³-hybridized carbons (Fsp3) is 0.647. The van der Waals surface area contributed by atoms with Gasteiger partial charge in [0.1, 0.15) is 5.72 Å². The molecule has 0 amide bonds. The van der Waals surface area contributed by atoms with E-state index in [0.29, 0.717) is 12.3 Å². The Labute approximate surface area is 133 Å². The zero-order valence-electron chi connectivity index (χ0n) is 13.7. The van der Waals surface area contributed by atoms with Gasteiger partial charge < -0.3 is 5.11 Å². The Kier molecular flexibility index (Phi) is 3.31. The molecule has 5 heteroatoms. The minimum atomic E-state index is -3.73. The van der Waals surface area contributed by atoms with Gasteiger partial charge in [-0.05, 0) is 49.7 Å². The molecule has 0 radical (unpaired) electrons. The van der Waals surface area contributed by atoms with E-state index >= 15 is 0 Å². The number of aryl methyl sites for hydroxylation is 1. The van der Waals surface area contributed by atoms with Gasteiger partial charge in [-0.1, -0.05) is 38.5 Å². The summed E-state index contributed by atoms with van der Waals surface area (Å²) in [5.41, 5.74) is -0.881. The Balaban J connectivity index is 1.95. The van der Waals surface area contributed by atoms with E-state index in [-0.39, 0.29) is 10.3 Å². The molecule has 1 aromatic rings. The molecule has 3 unspecified atom stereocenters. The van der Waals surface area contributed by atoms with Crippen LogP contribution in [0, 0.1) is 23.7 Å². The first kappa shape index (κ1) is 16.0. The predicted molar refractivity (Wildman–Crippen MR) is 85.7 cm³/mol. The summed E-state index contributed by atoms with van der Waals surface area (Å²) in [7, 11) is -3.73. The van der Waals surface area contributed by atoms with Crippen LogP contribution >= 0.6 is 0 Å². The third-order valence-electron chi connectivity index (χ3n) is 6.52. The van der Waals surface area contributed by atoms with Crippen LogP contribution in [0.15, 0.2) is 29.2 Å². The van der Waals surface area contributed by atoms with Crippen molar-refractivity contribution in [3.63, 3.8) is 0 Å². The van der Waals surface area contributed by atoms with Gasteiger partial charge in [-0.3, -0.25) is 0 Å². The topological polar surface area (TPSA) is 66.4 Å². The molecule has 3 atom stereocenters. The average Bonchev–Trinajstić information content (AvgIpc) is 2.70. The van der Waals surface area contributed by atoms with Crippen LogP contribution in [0.5, 0.6) is 0 Å². The molecule has 0 saturated heterocycles. The molecule has 4 nitrogen and oxygen atoms in total. The fourth-order valence-electron chi connectivity index (χ4n) is 4.43. The summed E-state index contributed by atoms with van der Waals surface area (Å²) in [6.45, 7) is 8.21. The first-order chi connectivity index (χ1) is 10.0. The van der Waals surface area contributed by atoms with Crippen LogP contribution in [0.25, 0.3) is 0 Å². The molecule has 2 aliphatic rings. The van der Waals surface area contributed by atoms with E-state index in [2.05, 4.69) is 18.6 Å². The Bertz CT molecular complexity index is 695. The van der Waals surface area contributed by atoms with Gasteiger partial charge in [0.05, 0.1) is 4.90 Å². The highest BCUT2D eigenvalue weighted by atomic mass is 32.2. The van der Waals surface area contributed by atoms with Gasteiger partial charge in [0.25, 0.3) is 0 Å². The largest absolute Gasteiger partial charge is 0.374 e. The summed E-state index contributed by atoms with van der Waals surface area (Å²) in [6.07, 6.45) is 2.39. The van der Waals surface area contributed by atoms with E-state index in [1.165, 1.54) is 0 Å². The van der Waals surface area contributed by atoms with E-state index in [1.54, 1.807) is 24.3 Å². The van der Waals surface area contributed by atoms with Gasteiger partial charge in [0.15, 0.2) is 0 Å². The quantitative estimate of drug-likeness (QED) is 0.841. The smallest absolute Gasteiger partial charge is 0.242 e. The lowest BCUT2D eigenvalue weighted by Gasteiger charge is -2.45. The van der Waals surface area contributed by atoms with Crippen LogP contribution in [0.1, 0.15) is 45.6 Å². The second-order valence-electron chi connectivity index (χ2n) is 7.77. The summed E-state index contributed by atoms with van der Waals surface area (Å²) < 4.78 is 27.9. The Morgan fingerprint density at radius 2 is 1.77 bits per heavy atom. The van der Waals surface area contributed by atoms with Crippen molar-refractivity contribution in [2.24, 2.45) is 16.7 Å². The SMILES string of the molecule is Cc1ccc(S(=O)(=O)NC2(O)CC3CCC2(C)C3(C)C)cc1. The second kappa shape index (κ2) is 4.56. The molecule has 2 fully saturated rings. The lowest BCUT2D eigenvalue weighted by Crippen LogP contribution is -2.58. The van der Waals surface area contributed by atoms with Crippen molar-refractivity contribution < 1.29 is 13.5 Å². The molecule has 2 saturated carbocycles. The van der Waals surface area contributed by atoms with Crippen LogP contribution in [-0.2, 0) is 10.0 Å². The average molecular weight is 323 g/mol. The first-order valence-electron chi connectivity index (χ1n) is 7.85. The highest BCUT2D eigenvalue weighted by Gasteiger charge is 2.69. The van der Waals surface area contributed by atoms with Gasteiger partial charge in [-0.15, -0.1) is 0 Å². The molecule has 2 bridgehead atoms. The minimum Gasteiger partial charge on any atom is -0.374 e. The van der Waals surface area contributed by atoms with Crippen molar-refractivity contribution in [2.45, 2.75) is 57.6 Å². The molecule has 0 aromatic heterocycles. The summed E-state index contributed by atoms with van der Waals surface area (Å²) in [5.74, 6) is 0.350. The number of hydrogen-bond acceptors (Lipinski definition) is 3. The van der Waals surface area contributed by atoms with Crippen LogP contribution in [-0.4, -0.2) is 19.2 Å². The molecule has 1 aromatic carbocycles. The van der Waals surface area contributed by atoms with Gasteiger partial charge in [0, 0.05) is 5.41 Å². The highest BCUT2D eigenvalue weighted by molar-refractivity contribution is 7.89. The van der Waals surface area contributed by atoms with E-state index in [9.17, 15) is 13.5 Å². The van der Waals surface area contributed by atoms with Crippen molar-refractivity contribution in [1.29, 1.82) is 0 Å². The van der Waals surface area contributed by atoms with E-state index in [1.807, 2.05) is 13.8 Å². The van der Waals surface area contributed by atoms with Crippen LogP contribution in [0.3, 0.4) is 0 Å². The number of sulfonamides is 1. The zero-order valence-corrected chi connectivity index (χ0v) is 14.5. The normalized spacial score (nSPS) is 36.7. The highest BCUT2D eigenvalue weighted by Crippen LogP contribution is 2.68. The van der Waals surface area contributed by atoms with Crippen molar-refractivity contribution in [3.05, 3.63) is 29.8 Å². The van der Waals surface area contributed by atoms with Crippen molar-refractivity contribution >= 4 is 10.0 Å². The third kappa shape index (κ3) is 1.99. The minimum absolute atomic E-state index is 0.0719. The lowest BCUT2D eigenvalue weighted by molar-refractivity contribution is -0.0975. The number of benzene rings is 1. The molecule has 0 aliphatic heterocycles. The fourth-order valence-corrected chi connectivity index (χ4v) is 5.79. The van der Waals surface area contributed by atoms with Gasteiger partial charge in [-0.25, -0.2) is 8.42 Å². The molecular weight excluding hydrogens is 298 g/mol. The zero-order chi connectivity index (χ0) is 16.4. The van der Waals surface area contributed by atoms with Crippen LogP contribution in [0.2, 0.25) is 0 Å². The molecule has 2 aliphatic carbocycles. The molecule has 0 spiro atoms. The summed E-state index contributed by atoms with van der Waals surface area (Å²) in [5, 5.41) is 11.1. The monoisotopic (exact) mass is 323 g/mol. The van der Waals surface area contributed by atoms with E-state index < -0.39 is 21.2 Å². The Morgan fingerprint density at radius 1 is 1.18 bits per heavy atom. The third-order valence-corrected chi connectivity index (χ3v) is 8.02. The van der Waals surface area contributed by atoms with Crippen molar-refractivity contribution in [1.82, 2.24) is 4.72 Å². The molecule has 122 valence electrons. The maximum atomic E-state index is 12.7. The van der Waals surface area contributed by atoms with Crippen molar-refractivity contribution in [2.75, 3.05) is 0 Å². The lowest BCUT2D eigenvalue weighted by atomic mass is 9.68. The van der Waals surface area contributed by atoms with Crippen molar-refractivity contribution in [3.8, 4) is 0 Å². The Hall–Kier alpha value is -0.910. The van der Waals surface area contributed by atoms with Crippen LogP contribution < -0.4 is 4.72 Å². The maximum absolute atomic E-state index is 12.7. The summed E-state index contributed by atoms with van der Waals surface area (Å²) >= 11 is 0.